The molecule has 2 atom stereocenters. The zero-order valence-electron chi connectivity index (χ0n) is 8.76. The molecular formula is C12H15F2N. The molecule has 0 radical (unpaired) electrons. The van der Waals surface area contributed by atoms with Crippen LogP contribution in [0.1, 0.15) is 36.9 Å². The van der Waals surface area contributed by atoms with Gasteiger partial charge in [-0.15, -0.1) is 0 Å². The Morgan fingerprint density at radius 3 is 2.80 bits per heavy atom. The predicted octanol–water partition coefficient (Wildman–Crippen LogP) is 2.94. The minimum atomic E-state index is -0.531. The Labute approximate surface area is 88.3 Å². The highest BCUT2D eigenvalue weighted by molar-refractivity contribution is 5.33. The fourth-order valence-corrected chi connectivity index (χ4v) is 2.29. The van der Waals surface area contributed by atoms with Crippen LogP contribution in [-0.2, 0) is 6.42 Å². The van der Waals surface area contributed by atoms with Crippen molar-refractivity contribution in [2.45, 2.75) is 32.2 Å². The highest BCUT2D eigenvalue weighted by Crippen LogP contribution is 2.32. The first-order valence-corrected chi connectivity index (χ1v) is 5.31. The summed E-state index contributed by atoms with van der Waals surface area (Å²) in [6.07, 6.45) is 2.38. The molecule has 1 aromatic carbocycles. The van der Waals surface area contributed by atoms with Crippen LogP contribution in [0.2, 0.25) is 0 Å². The van der Waals surface area contributed by atoms with Crippen LogP contribution >= 0.6 is 0 Å². The van der Waals surface area contributed by atoms with Crippen molar-refractivity contribution >= 4 is 0 Å². The van der Waals surface area contributed by atoms with Crippen LogP contribution in [0, 0.1) is 17.6 Å². The Hall–Kier alpha value is -0.960. The molecule has 0 spiro atoms. The van der Waals surface area contributed by atoms with Crippen molar-refractivity contribution in [3.63, 3.8) is 0 Å². The molecule has 2 N–H and O–H groups in total. The molecule has 1 aliphatic carbocycles. The van der Waals surface area contributed by atoms with Gasteiger partial charge in [-0.2, -0.15) is 0 Å². The van der Waals surface area contributed by atoms with Gasteiger partial charge in [0.2, 0.25) is 0 Å². The van der Waals surface area contributed by atoms with Gasteiger partial charge in [0.1, 0.15) is 11.6 Å². The van der Waals surface area contributed by atoms with E-state index in [0.29, 0.717) is 23.5 Å². The van der Waals surface area contributed by atoms with Gasteiger partial charge in [0.05, 0.1) is 0 Å². The van der Waals surface area contributed by atoms with Crippen LogP contribution in [0.5, 0.6) is 0 Å². The van der Waals surface area contributed by atoms with Gasteiger partial charge in [-0.1, -0.05) is 6.92 Å². The molecule has 0 aromatic heterocycles. The van der Waals surface area contributed by atoms with Crippen LogP contribution in [-0.4, -0.2) is 0 Å². The van der Waals surface area contributed by atoms with Gasteiger partial charge >= 0.3 is 0 Å². The highest BCUT2D eigenvalue weighted by Gasteiger charge is 2.22. The number of rotatable bonds is 0. The third-order valence-electron chi connectivity index (χ3n) is 3.14. The van der Waals surface area contributed by atoms with Gasteiger partial charge in [-0.25, -0.2) is 8.78 Å². The van der Waals surface area contributed by atoms with Crippen molar-refractivity contribution in [1.29, 1.82) is 0 Å². The molecule has 82 valence electrons. The first-order valence-electron chi connectivity index (χ1n) is 5.31. The summed E-state index contributed by atoms with van der Waals surface area (Å²) in [5.74, 6) is -0.513. The van der Waals surface area contributed by atoms with Crippen LogP contribution in [0.25, 0.3) is 0 Å². The molecule has 3 heteroatoms. The zero-order valence-corrected chi connectivity index (χ0v) is 8.76. The minimum Gasteiger partial charge on any atom is -0.324 e. The smallest absolute Gasteiger partial charge is 0.129 e. The molecule has 0 fully saturated rings. The Morgan fingerprint density at radius 1 is 1.33 bits per heavy atom. The van der Waals surface area contributed by atoms with Crippen molar-refractivity contribution in [2.24, 2.45) is 11.7 Å². The summed E-state index contributed by atoms with van der Waals surface area (Å²) in [7, 11) is 0. The molecule has 1 aliphatic rings. The summed E-state index contributed by atoms with van der Waals surface area (Å²) in [5.41, 5.74) is 7.20. The molecule has 0 amide bonds. The third kappa shape index (κ3) is 2.02. The summed E-state index contributed by atoms with van der Waals surface area (Å²) in [6.45, 7) is 2.10. The molecule has 0 bridgehead atoms. The van der Waals surface area contributed by atoms with E-state index in [9.17, 15) is 8.78 Å². The standard InChI is InChI=1S/C12H15F2N/c1-7-2-3-9-10(12(15)4-7)5-8(13)6-11(9)14/h5-7,12H,2-4,15H2,1H3. The van der Waals surface area contributed by atoms with Crippen molar-refractivity contribution in [2.75, 3.05) is 0 Å². The summed E-state index contributed by atoms with van der Waals surface area (Å²) in [4.78, 5) is 0. The summed E-state index contributed by atoms with van der Waals surface area (Å²) in [5, 5.41) is 0. The summed E-state index contributed by atoms with van der Waals surface area (Å²) >= 11 is 0. The Bertz CT molecular complexity index is 376. The average molecular weight is 211 g/mol. The molecule has 2 unspecified atom stereocenters. The number of hydrogen-bond donors (Lipinski definition) is 1. The second-order valence-corrected chi connectivity index (χ2v) is 4.44. The van der Waals surface area contributed by atoms with Gasteiger partial charge in [0, 0.05) is 12.1 Å². The predicted molar refractivity (Wildman–Crippen MR) is 55.4 cm³/mol. The number of hydrogen-bond acceptors (Lipinski definition) is 1. The van der Waals surface area contributed by atoms with E-state index in [1.165, 1.54) is 6.07 Å². The maximum Gasteiger partial charge on any atom is 0.129 e. The molecule has 0 aliphatic heterocycles. The first kappa shape index (κ1) is 10.6. The molecular weight excluding hydrogens is 196 g/mol. The summed E-state index contributed by atoms with van der Waals surface area (Å²) < 4.78 is 26.6. The van der Waals surface area contributed by atoms with Gasteiger partial charge < -0.3 is 5.73 Å². The average Bonchev–Trinajstić information content (AvgIpc) is 2.27. The molecule has 1 nitrogen and oxygen atoms in total. The van der Waals surface area contributed by atoms with Crippen molar-refractivity contribution in [3.05, 3.63) is 34.9 Å². The van der Waals surface area contributed by atoms with Crippen LogP contribution in [0.4, 0.5) is 8.78 Å². The van der Waals surface area contributed by atoms with Crippen molar-refractivity contribution in [1.82, 2.24) is 0 Å². The Morgan fingerprint density at radius 2 is 2.07 bits per heavy atom. The number of halogens is 2. The second kappa shape index (κ2) is 3.89. The van der Waals surface area contributed by atoms with Gasteiger partial charge in [-0.05, 0) is 42.4 Å². The van der Waals surface area contributed by atoms with Gasteiger partial charge in [-0.3, -0.25) is 0 Å². The Balaban J connectivity index is 2.48. The maximum atomic E-state index is 13.5. The third-order valence-corrected chi connectivity index (χ3v) is 3.14. The fourth-order valence-electron chi connectivity index (χ4n) is 2.29. The van der Waals surface area contributed by atoms with Crippen LogP contribution < -0.4 is 5.73 Å². The maximum absolute atomic E-state index is 13.5. The van der Waals surface area contributed by atoms with E-state index < -0.39 is 11.6 Å². The SMILES string of the molecule is CC1CCc2c(F)cc(F)cc2C(N)C1. The second-order valence-electron chi connectivity index (χ2n) is 4.44. The quantitative estimate of drug-likeness (QED) is 0.656. The lowest BCUT2D eigenvalue weighted by atomic mass is 9.98. The molecule has 1 aromatic rings. The van der Waals surface area contributed by atoms with Gasteiger partial charge in [0.25, 0.3) is 0 Å². The lowest BCUT2D eigenvalue weighted by molar-refractivity contribution is 0.463. The lowest BCUT2D eigenvalue weighted by Gasteiger charge is -2.14. The van der Waals surface area contributed by atoms with E-state index in [4.69, 9.17) is 5.73 Å². The largest absolute Gasteiger partial charge is 0.324 e. The molecule has 0 saturated heterocycles. The van der Waals surface area contributed by atoms with Crippen LogP contribution in [0.3, 0.4) is 0 Å². The van der Waals surface area contributed by atoms with E-state index in [2.05, 4.69) is 6.92 Å². The normalized spacial score (nSPS) is 25.9. The topological polar surface area (TPSA) is 26.0 Å². The van der Waals surface area contributed by atoms with Crippen LogP contribution in [0.15, 0.2) is 12.1 Å². The summed E-state index contributed by atoms with van der Waals surface area (Å²) in [6, 6.07) is 2.09. The van der Waals surface area contributed by atoms with Crippen molar-refractivity contribution < 1.29 is 8.78 Å². The minimum absolute atomic E-state index is 0.234. The number of benzene rings is 1. The number of nitrogens with two attached hydrogens (primary N) is 1. The molecule has 0 heterocycles. The van der Waals surface area contributed by atoms with E-state index >= 15 is 0 Å². The number of fused-ring (bicyclic) bond motifs is 1. The van der Waals surface area contributed by atoms with E-state index in [1.54, 1.807) is 0 Å². The molecule has 0 saturated carbocycles. The fraction of sp³-hybridized carbons (Fsp3) is 0.500. The highest BCUT2D eigenvalue weighted by atomic mass is 19.1. The van der Waals surface area contributed by atoms with Crippen molar-refractivity contribution in [3.8, 4) is 0 Å². The first-order chi connectivity index (χ1) is 7.08. The molecule has 2 rings (SSSR count). The zero-order chi connectivity index (χ0) is 11.0. The monoisotopic (exact) mass is 211 g/mol. The lowest BCUT2D eigenvalue weighted by Crippen LogP contribution is -2.13. The van der Waals surface area contributed by atoms with Gasteiger partial charge in [0.15, 0.2) is 0 Å². The Kier molecular flexibility index (Phi) is 2.74. The van der Waals surface area contributed by atoms with E-state index in [1.807, 2.05) is 0 Å². The van der Waals surface area contributed by atoms with E-state index in [-0.39, 0.29) is 6.04 Å². The van der Waals surface area contributed by atoms with E-state index in [0.717, 1.165) is 18.9 Å². The molecule has 15 heavy (non-hydrogen) atoms.